The first kappa shape index (κ1) is 19.1. The fourth-order valence-corrected chi connectivity index (χ4v) is 2.86. The molecule has 10 heteroatoms. The number of halogens is 3. The summed E-state index contributed by atoms with van der Waals surface area (Å²) in [5.74, 6) is 3.76. The monoisotopic (exact) mass is 373 g/mol. The Bertz CT molecular complexity index is 718. The van der Waals surface area contributed by atoms with Crippen LogP contribution in [0.2, 0.25) is 0 Å². The van der Waals surface area contributed by atoms with E-state index in [0.717, 1.165) is 17.3 Å². The molecule has 0 saturated carbocycles. The molecule has 2 rings (SSSR count). The van der Waals surface area contributed by atoms with Crippen LogP contribution in [-0.2, 0) is 17.5 Å². The highest BCUT2D eigenvalue weighted by atomic mass is 32.2. The van der Waals surface area contributed by atoms with Crippen molar-refractivity contribution in [1.82, 2.24) is 19.8 Å². The van der Waals surface area contributed by atoms with Gasteiger partial charge in [0, 0.05) is 12.6 Å². The Morgan fingerprint density at radius 2 is 1.92 bits per heavy atom. The van der Waals surface area contributed by atoms with Gasteiger partial charge in [-0.3, -0.25) is 4.79 Å². The molecule has 25 heavy (non-hydrogen) atoms. The Kier molecular flexibility index (Phi) is 5.93. The van der Waals surface area contributed by atoms with Crippen LogP contribution in [0.25, 0.3) is 0 Å². The Hall–Kier alpha value is -2.23. The molecule has 0 bridgehead atoms. The molecular weight excluding hydrogens is 355 g/mol. The van der Waals surface area contributed by atoms with Crippen molar-refractivity contribution in [3.63, 3.8) is 0 Å². The first-order valence-electron chi connectivity index (χ1n) is 7.44. The topological polar surface area (TPSA) is 77.0 Å². The number of nitrogen functional groups attached to an aromatic ring is 1. The fourth-order valence-electron chi connectivity index (χ4n) is 2.12. The summed E-state index contributed by atoms with van der Waals surface area (Å²) in [6.45, 7) is 4.17. The van der Waals surface area contributed by atoms with Crippen molar-refractivity contribution in [1.29, 1.82) is 0 Å². The number of nitrogens with two attached hydrogens (primary N) is 1. The number of alkyl halides is 3. The Morgan fingerprint density at radius 1 is 1.28 bits per heavy atom. The van der Waals surface area contributed by atoms with E-state index in [4.69, 9.17) is 5.84 Å². The van der Waals surface area contributed by atoms with Crippen LogP contribution in [0.3, 0.4) is 0 Å². The van der Waals surface area contributed by atoms with E-state index in [0.29, 0.717) is 11.2 Å². The second-order valence-corrected chi connectivity index (χ2v) is 6.51. The zero-order valence-corrected chi connectivity index (χ0v) is 14.5. The van der Waals surface area contributed by atoms with Gasteiger partial charge in [0.2, 0.25) is 11.1 Å². The average Bonchev–Trinajstić information content (AvgIpc) is 2.92. The maximum Gasteiger partial charge on any atom is 0.453 e. The smallest absolute Gasteiger partial charge is 0.335 e. The van der Waals surface area contributed by atoms with Gasteiger partial charge in [-0.2, -0.15) is 13.2 Å². The summed E-state index contributed by atoms with van der Waals surface area (Å²) in [6.07, 6.45) is -4.69. The van der Waals surface area contributed by atoms with Crippen LogP contribution in [0.1, 0.15) is 25.2 Å². The molecule has 1 aromatic heterocycles. The summed E-state index contributed by atoms with van der Waals surface area (Å²) >= 11 is 0.822. The first-order valence-corrected chi connectivity index (χ1v) is 8.42. The Balaban J connectivity index is 2.03. The van der Waals surface area contributed by atoms with Crippen molar-refractivity contribution >= 4 is 17.7 Å². The predicted molar refractivity (Wildman–Crippen MR) is 88.0 cm³/mol. The molecule has 0 aliphatic carbocycles. The molecule has 2 N–H and O–H groups in total. The van der Waals surface area contributed by atoms with E-state index in [-0.39, 0.29) is 22.9 Å². The van der Waals surface area contributed by atoms with Crippen LogP contribution in [0.4, 0.5) is 13.2 Å². The lowest BCUT2D eigenvalue weighted by Crippen LogP contribution is -2.37. The number of rotatable bonds is 6. The minimum atomic E-state index is -4.69. The number of amides is 1. The van der Waals surface area contributed by atoms with Crippen molar-refractivity contribution in [2.75, 3.05) is 11.6 Å². The third-order valence-electron chi connectivity index (χ3n) is 3.38. The average molecular weight is 373 g/mol. The molecule has 0 spiro atoms. The molecule has 1 aromatic carbocycles. The standard InChI is InChI=1S/C15H18F3N5OS/c1-10(2)22(8-11-6-4-3-5-7-11)12(24)9-25-14-21-20-13(23(14)19)15(16,17)18/h3-7,10H,8-9,19H2,1-2H3. The van der Waals surface area contributed by atoms with E-state index in [1.165, 1.54) is 0 Å². The third-order valence-corrected chi connectivity index (χ3v) is 4.31. The Labute approximate surface area is 147 Å². The van der Waals surface area contributed by atoms with Gasteiger partial charge < -0.3 is 10.7 Å². The van der Waals surface area contributed by atoms with Crippen LogP contribution >= 0.6 is 11.8 Å². The summed E-state index contributed by atoms with van der Waals surface area (Å²) in [5, 5.41) is 6.27. The van der Waals surface area contributed by atoms with Gasteiger partial charge in [0.25, 0.3) is 5.82 Å². The minimum absolute atomic E-state index is 0.0604. The summed E-state index contributed by atoms with van der Waals surface area (Å²) in [7, 11) is 0. The van der Waals surface area contributed by atoms with Crippen molar-refractivity contribution in [2.45, 2.75) is 37.8 Å². The van der Waals surface area contributed by atoms with E-state index < -0.39 is 12.0 Å². The van der Waals surface area contributed by atoms with Crippen molar-refractivity contribution < 1.29 is 18.0 Å². The van der Waals surface area contributed by atoms with Gasteiger partial charge in [-0.1, -0.05) is 42.1 Å². The van der Waals surface area contributed by atoms with Gasteiger partial charge in [0.15, 0.2) is 0 Å². The van der Waals surface area contributed by atoms with Crippen LogP contribution in [0.5, 0.6) is 0 Å². The number of benzene rings is 1. The Morgan fingerprint density at radius 3 is 2.44 bits per heavy atom. The number of carbonyl (C=O) groups is 1. The second-order valence-electron chi connectivity index (χ2n) is 5.56. The highest BCUT2D eigenvalue weighted by Crippen LogP contribution is 2.29. The maximum atomic E-state index is 12.6. The quantitative estimate of drug-likeness (QED) is 0.622. The molecule has 0 unspecified atom stereocenters. The molecule has 0 fully saturated rings. The lowest BCUT2D eigenvalue weighted by Gasteiger charge is -2.26. The SMILES string of the molecule is CC(C)N(Cc1ccccc1)C(=O)CSc1nnc(C(F)(F)F)n1N. The van der Waals surface area contributed by atoms with Gasteiger partial charge in [-0.25, -0.2) is 4.68 Å². The molecule has 1 amide bonds. The normalized spacial score (nSPS) is 11.8. The van der Waals surface area contributed by atoms with Gasteiger partial charge in [0.1, 0.15) is 0 Å². The molecule has 136 valence electrons. The fraction of sp³-hybridized carbons (Fsp3) is 0.400. The van der Waals surface area contributed by atoms with Crippen LogP contribution in [0.15, 0.2) is 35.5 Å². The highest BCUT2D eigenvalue weighted by Gasteiger charge is 2.38. The number of hydrogen-bond acceptors (Lipinski definition) is 5. The molecule has 1 heterocycles. The van der Waals surface area contributed by atoms with Crippen LogP contribution < -0.4 is 5.84 Å². The van der Waals surface area contributed by atoms with Crippen LogP contribution in [0, 0.1) is 0 Å². The predicted octanol–water partition coefficient (Wildman–Crippen LogP) is 2.54. The summed E-state index contributed by atoms with van der Waals surface area (Å²) < 4.78 is 38.3. The molecule has 0 atom stereocenters. The van der Waals surface area contributed by atoms with E-state index in [1.54, 1.807) is 4.90 Å². The lowest BCUT2D eigenvalue weighted by atomic mass is 10.2. The molecular formula is C15H18F3N5OS. The van der Waals surface area contributed by atoms with Gasteiger partial charge in [0.05, 0.1) is 5.75 Å². The van der Waals surface area contributed by atoms with Gasteiger partial charge in [-0.05, 0) is 19.4 Å². The van der Waals surface area contributed by atoms with E-state index >= 15 is 0 Å². The maximum absolute atomic E-state index is 12.6. The lowest BCUT2D eigenvalue weighted by molar-refractivity contribution is -0.146. The summed E-state index contributed by atoms with van der Waals surface area (Å²) in [6, 6.07) is 9.39. The number of carbonyl (C=O) groups excluding carboxylic acids is 1. The summed E-state index contributed by atoms with van der Waals surface area (Å²) in [5.41, 5.74) is 0.968. The van der Waals surface area contributed by atoms with E-state index in [2.05, 4.69) is 10.2 Å². The number of hydrogen-bond donors (Lipinski definition) is 1. The van der Waals surface area contributed by atoms with Crippen LogP contribution in [-0.4, -0.2) is 37.5 Å². The molecule has 0 saturated heterocycles. The first-order chi connectivity index (χ1) is 11.7. The van der Waals surface area contributed by atoms with E-state index in [1.807, 2.05) is 44.2 Å². The highest BCUT2D eigenvalue weighted by molar-refractivity contribution is 7.99. The molecule has 2 aromatic rings. The zero-order valence-electron chi connectivity index (χ0n) is 13.7. The summed E-state index contributed by atoms with van der Waals surface area (Å²) in [4.78, 5) is 14.1. The van der Waals surface area contributed by atoms with Crippen molar-refractivity contribution in [2.24, 2.45) is 0 Å². The van der Waals surface area contributed by atoms with E-state index in [9.17, 15) is 18.0 Å². The molecule has 0 aliphatic heterocycles. The van der Waals surface area contributed by atoms with Gasteiger partial charge >= 0.3 is 6.18 Å². The number of thioether (sulfide) groups is 1. The molecule has 6 nitrogen and oxygen atoms in total. The minimum Gasteiger partial charge on any atom is -0.335 e. The second kappa shape index (κ2) is 7.77. The molecule has 0 aliphatic rings. The van der Waals surface area contributed by atoms with Crippen molar-refractivity contribution in [3.05, 3.63) is 41.7 Å². The largest absolute Gasteiger partial charge is 0.453 e. The van der Waals surface area contributed by atoms with Gasteiger partial charge in [-0.15, -0.1) is 10.2 Å². The van der Waals surface area contributed by atoms with Crippen molar-refractivity contribution in [3.8, 4) is 0 Å². The zero-order chi connectivity index (χ0) is 18.6. The number of nitrogens with zero attached hydrogens (tertiary/aromatic N) is 4. The number of aromatic nitrogens is 3. The third kappa shape index (κ3) is 4.88. The molecule has 0 radical (unpaired) electrons.